The second kappa shape index (κ2) is 8.74. The van der Waals surface area contributed by atoms with Crippen molar-refractivity contribution >= 4 is 5.91 Å². The van der Waals surface area contributed by atoms with Crippen molar-refractivity contribution in [2.24, 2.45) is 0 Å². The zero-order valence-corrected chi connectivity index (χ0v) is 18.6. The lowest BCUT2D eigenvalue weighted by molar-refractivity contribution is 0.0643. The van der Waals surface area contributed by atoms with Crippen molar-refractivity contribution in [1.82, 2.24) is 14.7 Å². The Morgan fingerprint density at radius 1 is 0.933 bits per heavy atom. The number of aromatic hydroxyl groups is 1. The zero-order valence-electron chi connectivity index (χ0n) is 18.6. The fourth-order valence-corrected chi connectivity index (χ4v) is 4.10. The first-order chi connectivity index (χ1) is 14.2. The van der Waals surface area contributed by atoms with Gasteiger partial charge in [0.15, 0.2) is 0 Å². The number of carbonyl (C=O) groups is 1. The summed E-state index contributed by atoms with van der Waals surface area (Å²) < 4.78 is 1.97. The number of aryl methyl sites for hydroxylation is 2. The molecule has 158 valence electrons. The average molecular weight is 406 g/mol. The first kappa shape index (κ1) is 21.6. The maximum absolute atomic E-state index is 13.0. The van der Waals surface area contributed by atoms with Crippen molar-refractivity contribution in [2.75, 3.05) is 0 Å². The summed E-state index contributed by atoms with van der Waals surface area (Å²) in [7, 11) is 0. The predicted octanol–water partition coefficient (Wildman–Crippen LogP) is 5.10. The first-order valence-corrected chi connectivity index (χ1v) is 10.4. The van der Waals surface area contributed by atoms with Crippen molar-refractivity contribution in [3.05, 3.63) is 82.7 Å². The van der Waals surface area contributed by atoms with E-state index in [9.17, 15) is 9.90 Å². The Kier molecular flexibility index (Phi) is 6.30. The predicted molar refractivity (Wildman–Crippen MR) is 120 cm³/mol. The van der Waals surface area contributed by atoms with Crippen molar-refractivity contribution in [3.63, 3.8) is 0 Å². The third kappa shape index (κ3) is 4.40. The van der Waals surface area contributed by atoms with E-state index in [0.717, 1.165) is 22.5 Å². The van der Waals surface area contributed by atoms with Crippen LogP contribution in [0.3, 0.4) is 0 Å². The van der Waals surface area contributed by atoms with Gasteiger partial charge >= 0.3 is 0 Å². The van der Waals surface area contributed by atoms with Gasteiger partial charge in [-0.1, -0.05) is 24.3 Å². The highest BCUT2D eigenvalue weighted by Crippen LogP contribution is 2.30. The molecule has 0 radical (unpaired) electrons. The van der Waals surface area contributed by atoms with E-state index >= 15 is 0 Å². The van der Waals surface area contributed by atoms with Crippen LogP contribution in [0.15, 0.2) is 54.6 Å². The highest BCUT2D eigenvalue weighted by molar-refractivity contribution is 5.94. The monoisotopic (exact) mass is 405 g/mol. The van der Waals surface area contributed by atoms with Gasteiger partial charge in [-0.15, -0.1) is 0 Å². The van der Waals surface area contributed by atoms with Crippen molar-refractivity contribution in [2.45, 2.75) is 59.7 Å². The standard InChI is InChI=1S/C25H31N3O2/c1-16(2)27(17(3)4)25(30)21-12-10-20(11-13-21)24(22-8-7-9-23(29)15-22)28-19(6)14-18(5)26-28/h7-17,24,29H,1-6H3. The second-order valence-electron chi connectivity index (χ2n) is 8.39. The van der Waals surface area contributed by atoms with Crippen molar-refractivity contribution < 1.29 is 9.90 Å². The number of amides is 1. The molecule has 0 aliphatic rings. The molecule has 0 saturated heterocycles. The van der Waals surface area contributed by atoms with Crippen LogP contribution in [0.1, 0.15) is 66.6 Å². The molecule has 1 N–H and O–H groups in total. The van der Waals surface area contributed by atoms with E-state index in [1.807, 2.05) is 93.6 Å². The van der Waals surface area contributed by atoms with Gasteiger partial charge in [0.05, 0.1) is 5.69 Å². The lowest BCUT2D eigenvalue weighted by Crippen LogP contribution is -2.42. The highest BCUT2D eigenvalue weighted by Gasteiger charge is 2.23. The molecule has 30 heavy (non-hydrogen) atoms. The van der Waals surface area contributed by atoms with E-state index in [4.69, 9.17) is 0 Å². The van der Waals surface area contributed by atoms with Crippen LogP contribution in [-0.2, 0) is 0 Å². The van der Waals surface area contributed by atoms with E-state index in [-0.39, 0.29) is 29.8 Å². The maximum atomic E-state index is 13.0. The normalized spacial score (nSPS) is 12.4. The maximum Gasteiger partial charge on any atom is 0.254 e. The van der Waals surface area contributed by atoms with Gasteiger partial charge in [-0.3, -0.25) is 9.48 Å². The lowest BCUT2D eigenvalue weighted by atomic mass is 9.97. The number of phenolic OH excluding ortho intramolecular Hbond substituents is 1. The minimum absolute atomic E-state index is 0.0339. The summed E-state index contributed by atoms with van der Waals surface area (Å²) in [6.45, 7) is 12.1. The topological polar surface area (TPSA) is 58.4 Å². The molecule has 1 amide bonds. The van der Waals surface area contributed by atoms with Gasteiger partial charge in [-0.05, 0) is 83.0 Å². The fourth-order valence-electron chi connectivity index (χ4n) is 4.10. The zero-order chi connectivity index (χ0) is 22.0. The molecule has 1 heterocycles. The Morgan fingerprint density at radius 3 is 2.07 bits per heavy atom. The second-order valence-corrected chi connectivity index (χ2v) is 8.39. The summed E-state index contributed by atoms with van der Waals surface area (Å²) in [5.41, 5.74) is 4.58. The minimum atomic E-state index is -0.193. The number of aromatic nitrogens is 2. The molecule has 0 spiro atoms. The van der Waals surface area contributed by atoms with Crippen LogP contribution in [0.25, 0.3) is 0 Å². The molecule has 1 atom stereocenters. The SMILES string of the molecule is Cc1cc(C)n(C(c2ccc(C(=O)N(C(C)C)C(C)C)cc2)c2cccc(O)c2)n1. The van der Waals surface area contributed by atoms with E-state index < -0.39 is 0 Å². The third-order valence-corrected chi connectivity index (χ3v) is 5.30. The number of carbonyl (C=O) groups excluding carboxylic acids is 1. The van der Waals surface area contributed by atoms with Gasteiger partial charge in [0.2, 0.25) is 0 Å². The van der Waals surface area contributed by atoms with Crippen LogP contribution >= 0.6 is 0 Å². The van der Waals surface area contributed by atoms with Crippen molar-refractivity contribution in [3.8, 4) is 5.75 Å². The first-order valence-electron chi connectivity index (χ1n) is 10.4. The summed E-state index contributed by atoms with van der Waals surface area (Å²) in [6, 6.07) is 17.1. The average Bonchev–Trinajstić information content (AvgIpc) is 3.00. The third-order valence-electron chi connectivity index (χ3n) is 5.30. The molecule has 1 unspecified atom stereocenters. The van der Waals surface area contributed by atoms with Gasteiger partial charge in [0.1, 0.15) is 11.8 Å². The number of rotatable bonds is 6. The van der Waals surface area contributed by atoms with Gasteiger partial charge in [0, 0.05) is 23.3 Å². The van der Waals surface area contributed by atoms with Gasteiger partial charge in [-0.2, -0.15) is 5.10 Å². The van der Waals surface area contributed by atoms with Crippen LogP contribution < -0.4 is 0 Å². The minimum Gasteiger partial charge on any atom is -0.508 e. The molecule has 5 heteroatoms. The van der Waals surface area contributed by atoms with Crippen LogP contribution in [-0.4, -0.2) is 37.8 Å². The highest BCUT2D eigenvalue weighted by atomic mass is 16.3. The summed E-state index contributed by atoms with van der Waals surface area (Å²) in [6.07, 6.45) is 0. The van der Waals surface area contributed by atoms with E-state index in [1.165, 1.54) is 0 Å². The van der Waals surface area contributed by atoms with Crippen molar-refractivity contribution in [1.29, 1.82) is 0 Å². The lowest BCUT2D eigenvalue weighted by Gasteiger charge is -2.31. The summed E-state index contributed by atoms with van der Waals surface area (Å²) >= 11 is 0. The Bertz CT molecular complexity index is 1010. The number of nitrogens with zero attached hydrogens (tertiary/aromatic N) is 3. The van der Waals surface area contributed by atoms with Crippen LogP contribution in [0.2, 0.25) is 0 Å². The van der Waals surface area contributed by atoms with Gasteiger partial charge in [0.25, 0.3) is 5.91 Å². The fraction of sp³-hybridized carbons (Fsp3) is 0.360. The molecule has 0 aliphatic carbocycles. The van der Waals surface area contributed by atoms with Crippen LogP contribution in [0, 0.1) is 13.8 Å². The number of hydrogen-bond donors (Lipinski definition) is 1. The van der Waals surface area contributed by atoms with E-state index in [2.05, 4.69) is 5.10 Å². The molecule has 1 aromatic heterocycles. The Hall–Kier alpha value is -3.08. The molecule has 2 aromatic carbocycles. The Balaban J connectivity index is 2.03. The molecular weight excluding hydrogens is 374 g/mol. The molecule has 3 rings (SSSR count). The molecule has 0 bridgehead atoms. The number of phenols is 1. The number of benzene rings is 2. The smallest absolute Gasteiger partial charge is 0.254 e. The number of hydrogen-bond acceptors (Lipinski definition) is 3. The molecule has 3 aromatic rings. The molecular formula is C25H31N3O2. The van der Waals surface area contributed by atoms with Crippen LogP contribution in [0.4, 0.5) is 0 Å². The molecule has 0 fully saturated rings. The summed E-state index contributed by atoms with van der Waals surface area (Å²) in [4.78, 5) is 14.9. The largest absolute Gasteiger partial charge is 0.508 e. The van der Waals surface area contributed by atoms with E-state index in [1.54, 1.807) is 12.1 Å². The van der Waals surface area contributed by atoms with E-state index in [0.29, 0.717) is 5.56 Å². The Morgan fingerprint density at radius 2 is 1.57 bits per heavy atom. The molecule has 5 nitrogen and oxygen atoms in total. The quantitative estimate of drug-likeness (QED) is 0.620. The molecule has 0 saturated carbocycles. The summed E-state index contributed by atoms with van der Waals surface area (Å²) in [5.74, 6) is 0.252. The van der Waals surface area contributed by atoms with Gasteiger partial charge in [-0.25, -0.2) is 0 Å². The Labute approximate surface area is 179 Å². The summed E-state index contributed by atoms with van der Waals surface area (Å²) in [5, 5.41) is 14.7. The van der Waals surface area contributed by atoms with Gasteiger partial charge < -0.3 is 10.0 Å². The molecule has 0 aliphatic heterocycles. The van der Waals surface area contributed by atoms with Crippen LogP contribution in [0.5, 0.6) is 5.75 Å².